The highest BCUT2D eigenvalue weighted by Gasteiger charge is 2.22. The number of likely N-dealkylation sites (N-methyl/N-ethyl adjacent to an activating group) is 1. The number of aromatic nitrogens is 2. The van der Waals surface area contributed by atoms with Crippen LogP contribution in [0.3, 0.4) is 0 Å². The monoisotopic (exact) mass is 461 g/mol. The van der Waals surface area contributed by atoms with E-state index in [0.29, 0.717) is 24.1 Å². The largest absolute Gasteiger partial charge is 0.471 e. The summed E-state index contributed by atoms with van der Waals surface area (Å²) in [5, 5.41) is 3.60. The van der Waals surface area contributed by atoms with Crippen LogP contribution in [0.4, 0.5) is 11.4 Å². The molecule has 3 aromatic rings. The highest BCUT2D eigenvalue weighted by Crippen LogP contribution is 2.37. The van der Waals surface area contributed by atoms with E-state index in [4.69, 9.17) is 9.72 Å². The van der Waals surface area contributed by atoms with E-state index in [-0.39, 0.29) is 5.91 Å². The van der Waals surface area contributed by atoms with Gasteiger partial charge in [-0.25, -0.2) is 4.98 Å². The SMILES string of the molecule is CN1CCN(c2cnc(Sc3cccc4c3CCC(=O)N4)nc2OCc2ccccc2)CC1. The molecule has 0 radical (unpaired) electrons. The number of rotatable bonds is 6. The van der Waals surface area contributed by atoms with Gasteiger partial charge < -0.3 is 19.9 Å². The van der Waals surface area contributed by atoms with Crippen molar-refractivity contribution in [3.63, 3.8) is 0 Å². The Morgan fingerprint density at radius 2 is 1.85 bits per heavy atom. The summed E-state index contributed by atoms with van der Waals surface area (Å²) in [5.41, 5.74) is 4.06. The molecular weight excluding hydrogens is 434 g/mol. The molecule has 0 atom stereocenters. The fraction of sp³-hybridized carbons (Fsp3) is 0.320. The molecule has 170 valence electrons. The zero-order valence-electron chi connectivity index (χ0n) is 18.7. The van der Waals surface area contributed by atoms with Gasteiger partial charge in [-0.05, 0) is 48.5 Å². The highest BCUT2D eigenvalue weighted by molar-refractivity contribution is 7.99. The molecule has 0 unspecified atom stereocenters. The number of hydrogen-bond acceptors (Lipinski definition) is 7. The molecule has 0 saturated carbocycles. The Hall–Kier alpha value is -3.10. The number of ether oxygens (including phenoxy) is 1. The summed E-state index contributed by atoms with van der Waals surface area (Å²) in [6, 6.07) is 16.1. The number of hydrogen-bond donors (Lipinski definition) is 1. The third kappa shape index (κ3) is 5.12. The van der Waals surface area contributed by atoms with Crippen LogP contribution in [-0.2, 0) is 17.8 Å². The number of nitrogens with one attached hydrogen (secondary N) is 1. The van der Waals surface area contributed by atoms with Crippen LogP contribution >= 0.6 is 11.8 Å². The predicted molar refractivity (Wildman–Crippen MR) is 130 cm³/mol. The minimum absolute atomic E-state index is 0.0639. The second-order valence-electron chi connectivity index (χ2n) is 8.34. The summed E-state index contributed by atoms with van der Waals surface area (Å²) in [7, 11) is 2.14. The number of fused-ring (bicyclic) bond motifs is 1. The number of carbonyl (C=O) groups excluding carboxylic acids is 1. The van der Waals surface area contributed by atoms with Gasteiger partial charge in [-0.2, -0.15) is 4.98 Å². The lowest BCUT2D eigenvalue weighted by atomic mass is 10.0. The lowest BCUT2D eigenvalue weighted by molar-refractivity contribution is -0.116. The maximum Gasteiger partial charge on any atom is 0.242 e. The molecule has 1 N–H and O–H groups in total. The molecule has 2 aromatic carbocycles. The van der Waals surface area contributed by atoms with E-state index in [1.807, 2.05) is 36.5 Å². The zero-order chi connectivity index (χ0) is 22.6. The van der Waals surface area contributed by atoms with Gasteiger partial charge in [0.1, 0.15) is 12.3 Å². The zero-order valence-corrected chi connectivity index (χ0v) is 19.5. The van der Waals surface area contributed by atoms with Crippen molar-refractivity contribution in [2.75, 3.05) is 43.4 Å². The van der Waals surface area contributed by atoms with Crippen molar-refractivity contribution in [3.8, 4) is 5.88 Å². The maximum absolute atomic E-state index is 11.8. The average Bonchev–Trinajstić information content (AvgIpc) is 2.84. The maximum atomic E-state index is 11.8. The molecule has 1 saturated heterocycles. The highest BCUT2D eigenvalue weighted by atomic mass is 32.2. The molecule has 0 bridgehead atoms. The normalized spacial score (nSPS) is 16.3. The number of anilines is 2. The Kier molecular flexibility index (Phi) is 6.46. The second-order valence-corrected chi connectivity index (χ2v) is 9.35. The minimum atomic E-state index is 0.0639. The van der Waals surface area contributed by atoms with Gasteiger partial charge in [-0.1, -0.05) is 36.4 Å². The van der Waals surface area contributed by atoms with Gasteiger partial charge in [0, 0.05) is 43.2 Å². The van der Waals surface area contributed by atoms with E-state index in [1.54, 1.807) is 0 Å². The van der Waals surface area contributed by atoms with Gasteiger partial charge in [-0.3, -0.25) is 4.79 Å². The Balaban J connectivity index is 1.41. The van der Waals surface area contributed by atoms with Crippen molar-refractivity contribution >= 4 is 29.0 Å². The molecule has 0 spiro atoms. The molecule has 5 rings (SSSR count). The lowest BCUT2D eigenvalue weighted by Gasteiger charge is -2.34. The van der Waals surface area contributed by atoms with Crippen LogP contribution < -0.4 is 15.0 Å². The van der Waals surface area contributed by atoms with Gasteiger partial charge in [0.2, 0.25) is 11.8 Å². The summed E-state index contributed by atoms with van der Waals surface area (Å²) in [4.78, 5) is 27.0. The minimum Gasteiger partial charge on any atom is -0.471 e. The van der Waals surface area contributed by atoms with Crippen LogP contribution in [0.25, 0.3) is 0 Å². The Morgan fingerprint density at radius 1 is 1.03 bits per heavy atom. The van der Waals surface area contributed by atoms with Crippen molar-refractivity contribution in [2.45, 2.75) is 29.5 Å². The molecule has 33 heavy (non-hydrogen) atoms. The Bertz CT molecular complexity index is 1130. The topological polar surface area (TPSA) is 70.6 Å². The molecule has 1 fully saturated rings. The van der Waals surface area contributed by atoms with Gasteiger partial charge >= 0.3 is 0 Å². The molecule has 3 heterocycles. The second kappa shape index (κ2) is 9.80. The summed E-state index contributed by atoms with van der Waals surface area (Å²) >= 11 is 1.51. The Morgan fingerprint density at radius 3 is 2.67 bits per heavy atom. The third-order valence-electron chi connectivity index (χ3n) is 5.99. The predicted octanol–water partition coefficient (Wildman–Crippen LogP) is 3.84. The fourth-order valence-corrected chi connectivity index (χ4v) is 4.99. The first kappa shape index (κ1) is 21.7. The van der Waals surface area contributed by atoms with Crippen molar-refractivity contribution in [2.24, 2.45) is 0 Å². The van der Waals surface area contributed by atoms with Crippen LogP contribution in [0, 0.1) is 0 Å². The Labute approximate surface area is 198 Å². The van der Waals surface area contributed by atoms with E-state index in [1.165, 1.54) is 11.8 Å². The van der Waals surface area contributed by atoms with Crippen LogP contribution in [0.2, 0.25) is 0 Å². The number of piperazine rings is 1. The van der Waals surface area contributed by atoms with E-state index < -0.39 is 0 Å². The van der Waals surface area contributed by atoms with Gasteiger partial charge in [0.25, 0.3) is 0 Å². The van der Waals surface area contributed by atoms with Gasteiger partial charge in [-0.15, -0.1) is 0 Å². The quantitative estimate of drug-likeness (QED) is 0.559. The smallest absolute Gasteiger partial charge is 0.242 e. The van der Waals surface area contributed by atoms with E-state index in [0.717, 1.165) is 60.0 Å². The first-order valence-electron chi connectivity index (χ1n) is 11.2. The summed E-state index contributed by atoms with van der Waals surface area (Å²) in [5.74, 6) is 0.674. The number of benzene rings is 2. The van der Waals surface area contributed by atoms with Gasteiger partial charge in [0.15, 0.2) is 5.16 Å². The first-order valence-corrected chi connectivity index (χ1v) is 12.0. The molecule has 2 aliphatic rings. The summed E-state index contributed by atoms with van der Waals surface area (Å²) in [6.07, 6.45) is 3.11. The fourth-order valence-electron chi connectivity index (χ4n) is 4.08. The van der Waals surface area contributed by atoms with Crippen LogP contribution in [0.5, 0.6) is 5.88 Å². The van der Waals surface area contributed by atoms with Gasteiger partial charge in [0.05, 0.1) is 6.20 Å². The van der Waals surface area contributed by atoms with Crippen LogP contribution in [0.15, 0.2) is 64.8 Å². The van der Waals surface area contributed by atoms with Crippen molar-refractivity contribution in [1.82, 2.24) is 14.9 Å². The lowest BCUT2D eigenvalue weighted by Crippen LogP contribution is -2.44. The number of amides is 1. The van der Waals surface area contributed by atoms with Crippen LogP contribution in [-0.4, -0.2) is 54.0 Å². The van der Waals surface area contributed by atoms with Crippen molar-refractivity contribution in [1.29, 1.82) is 0 Å². The van der Waals surface area contributed by atoms with Crippen molar-refractivity contribution in [3.05, 3.63) is 65.9 Å². The molecule has 1 aromatic heterocycles. The summed E-state index contributed by atoms with van der Waals surface area (Å²) in [6.45, 7) is 4.28. The van der Waals surface area contributed by atoms with Crippen molar-refractivity contribution < 1.29 is 9.53 Å². The van der Waals surface area contributed by atoms with E-state index in [2.05, 4.69) is 45.3 Å². The van der Waals surface area contributed by atoms with E-state index >= 15 is 0 Å². The molecule has 7 nitrogen and oxygen atoms in total. The molecule has 2 aliphatic heterocycles. The third-order valence-corrected chi connectivity index (χ3v) is 6.97. The summed E-state index contributed by atoms with van der Waals surface area (Å²) < 4.78 is 6.23. The van der Waals surface area contributed by atoms with E-state index in [9.17, 15) is 4.79 Å². The molecule has 0 aliphatic carbocycles. The molecule has 8 heteroatoms. The first-order chi connectivity index (χ1) is 16.2. The molecule has 1 amide bonds. The molecular formula is C25H27N5O2S. The number of carbonyl (C=O) groups is 1. The standard InChI is InChI=1S/C25H27N5O2S/c1-29-12-14-30(15-13-29)21-16-26-25(28-24(21)32-17-18-6-3-2-4-7-18)33-22-9-5-8-20-19(22)10-11-23(31)27-20/h2-9,16H,10-15,17H2,1H3,(H,27,31). The average molecular weight is 462 g/mol. The number of nitrogens with zero attached hydrogens (tertiary/aromatic N) is 4. The van der Waals surface area contributed by atoms with Crippen LogP contribution in [0.1, 0.15) is 17.5 Å².